The zero-order valence-corrected chi connectivity index (χ0v) is 22.9. The van der Waals surface area contributed by atoms with Crippen LogP contribution in [0.1, 0.15) is 0 Å². The maximum Gasteiger partial charge on any atom is 0.136 e. The summed E-state index contributed by atoms with van der Waals surface area (Å²) in [5.74, 6) is 0. The van der Waals surface area contributed by atoms with Gasteiger partial charge >= 0.3 is 0 Å². The van der Waals surface area contributed by atoms with E-state index in [1.807, 2.05) is 6.07 Å². The molecule has 0 spiro atoms. The van der Waals surface area contributed by atoms with Gasteiger partial charge in [0.05, 0.1) is 0 Å². The molecule has 1 heterocycles. The summed E-state index contributed by atoms with van der Waals surface area (Å²) in [7, 11) is 0. The Morgan fingerprint density at radius 1 is 0.357 bits per heavy atom. The lowest BCUT2D eigenvalue weighted by molar-refractivity contribution is 0.669. The van der Waals surface area contributed by atoms with Gasteiger partial charge in [-0.2, -0.15) is 0 Å². The number of fused-ring (bicyclic) bond motifs is 5. The highest BCUT2D eigenvalue weighted by Crippen LogP contribution is 2.37. The monoisotopic (exact) mass is 537 g/mol. The minimum Gasteiger partial charge on any atom is -0.456 e. The summed E-state index contributed by atoms with van der Waals surface area (Å²) in [6, 6.07) is 55.6. The molecule has 1 N–H and O–H groups in total. The second kappa shape index (κ2) is 10.1. The number of anilines is 2. The number of hydrogen-bond acceptors (Lipinski definition) is 2. The molecule has 0 amide bonds. The standard InChI is InChI=1S/C40H27NO/c1-2-7-27(8-3-1)28-13-15-29(16-14-28)32-10-6-11-35(25-32)41-34-21-17-30(18-22-34)33-19-23-37-39(26-33)42-38-24-20-31-9-4-5-12-36(31)40(37)38/h1-26,41H. The molecule has 0 bridgehead atoms. The van der Waals surface area contributed by atoms with Gasteiger partial charge in [-0.25, -0.2) is 0 Å². The van der Waals surface area contributed by atoms with E-state index < -0.39 is 0 Å². The first kappa shape index (κ1) is 24.2. The van der Waals surface area contributed by atoms with E-state index in [-0.39, 0.29) is 0 Å². The smallest absolute Gasteiger partial charge is 0.136 e. The van der Waals surface area contributed by atoms with E-state index in [0.717, 1.165) is 39.1 Å². The summed E-state index contributed by atoms with van der Waals surface area (Å²) in [4.78, 5) is 0. The molecule has 2 heteroatoms. The van der Waals surface area contributed by atoms with E-state index >= 15 is 0 Å². The van der Waals surface area contributed by atoms with Crippen molar-refractivity contribution in [2.75, 3.05) is 5.32 Å². The van der Waals surface area contributed by atoms with Gasteiger partial charge in [-0.1, -0.05) is 115 Å². The highest BCUT2D eigenvalue weighted by Gasteiger charge is 2.11. The number of benzene rings is 7. The van der Waals surface area contributed by atoms with Crippen LogP contribution in [0.5, 0.6) is 0 Å². The Bertz CT molecular complexity index is 2190. The molecule has 0 saturated carbocycles. The van der Waals surface area contributed by atoms with Gasteiger partial charge in [0.15, 0.2) is 0 Å². The number of hydrogen-bond donors (Lipinski definition) is 1. The highest BCUT2D eigenvalue weighted by molar-refractivity contribution is 6.19. The Labute approximate surface area is 244 Å². The average molecular weight is 538 g/mol. The topological polar surface area (TPSA) is 25.2 Å². The normalized spacial score (nSPS) is 11.3. The van der Waals surface area contributed by atoms with Crippen molar-refractivity contribution in [3.05, 3.63) is 158 Å². The van der Waals surface area contributed by atoms with Crippen molar-refractivity contribution >= 4 is 44.1 Å². The van der Waals surface area contributed by atoms with Crippen molar-refractivity contribution in [2.24, 2.45) is 0 Å². The Hall–Kier alpha value is -5.60. The molecular formula is C40H27NO. The average Bonchev–Trinajstić information content (AvgIpc) is 3.44. The SMILES string of the molecule is c1ccc(-c2ccc(-c3cccc(Nc4ccc(-c5ccc6c(c5)oc5ccc7ccccc7c56)cc4)c3)cc2)cc1. The molecule has 0 aliphatic carbocycles. The number of nitrogens with one attached hydrogen (secondary N) is 1. The van der Waals surface area contributed by atoms with Crippen molar-refractivity contribution in [3.8, 4) is 33.4 Å². The molecule has 0 fully saturated rings. The first-order chi connectivity index (χ1) is 20.8. The van der Waals surface area contributed by atoms with E-state index in [9.17, 15) is 0 Å². The molecular weight excluding hydrogens is 510 g/mol. The van der Waals surface area contributed by atoms with Crippen LogP contribution >= 0.6 is 0 Å². The quantitative estimate of drug-likeness (QED) is 0.236. The van der Waals surface area contributed by atoms with E-state index in [1.165, 1.54) is 38.4 Å². The van der Waals surface area contributed by atoms with Gasteiger partial charge in [-0.15, -0.1) is 0 Å². The lowest BCUT2D eigenvalue weighted by atomic mass is 10.00. The van der Waals surface area contributed by atoms with Gasteiger partial charge < -0.3 is 9.73 Å². The summed E-state index contributed by atoms with van der Waals surface area (Å²) in [6.07, 6.45) is 0. The van der Waals surface area contributed by atoms with Gasteiger partial charge in [0.1, 0.15) is 11.2 Å². The Kier molecular flexibility index (Phi) is 5.82. The predicted octanol–water partition coefficient (Wildman–Crippen LogP) is 11.5. The second-order valence-electron chi connectivity index (χ2n) is 10.7. The number of furan rings is 1. The Balaban J connectivity index is 1.03. The van der Waals surface area contributed by atoms with Crippen LogP contribution in [0.15, 0.2) is 162 Å². The molecule has 0 radical (unpaired) electrons. The molecule has 1 aromatic heterocycles. The van der Waals surface area contributed by atoms with Crippen LogP contribution in [0.25, 0.3) is 66.1 Å². The van der Waals surface area contributed by atoms with Crippen LogP contribution in [0, 0.1) is 0 Å². The summed E-state index contributed by atoms with van der Waals surface area (Å²) in [5.41, 5.74) is 11.1. The molecule has 0 unspecified atom stereocenters. The van der Waals surface area contributed by atoms with Crippen LogP contribution in [0.2, 0.25) is 0 Å². The summed E-state index contributed by atoms with van der Waals surface area (Å²) < 4.78 is 6.29. The maximum atomic E-state index is 6.29. The molecule has 0 atom stereocenters. The lowest BCUT2D eigenvalue weighted by Crippen LogP contribution is -1.91. The minimum absolute atomic E-state index is 0.912. The fourth-order valence-electron chi connectivity index (χ4n) is 5.90. The fraction of sp³-hybridized carbons (Fsp3) is 0. The maximum absolute atomic E-state index is 6.29. The minimum atomic E-state index is 0.912. The molecule has 198 valence electrons. The van der Waals surface area contributed by atoms with Gasteiger partial charge in [-0.05, 0) is 86.6 Å². The largest absolute Gasteiger partial charge is 0.456 e. The molecule has 0 aliphatic heterocycles. The molecule has 0 saturated heterocycles. The van der Waals surface area contributed by atoms with Gasteiger partial charge in [0.25, 0.3) is 0 Å². The molecule has 8 aromatic rings. The third-order valence-electron chi connectivity index (χ3n) is 8.06. The van der Waals surface area contributed by atoms with Crippen molar-refractivity contribution in [2.45, 2.75) is 0 Å². The second-order valence-corrected chi connectivity index (χ2v) is 10.7. The number of rotatable bonds is 5. The van der Waals surface area contributed by atoms with Crippen molar-refractivity contribution in [1.82, 2.24) is 0 Å². The van der Waals surface area contributed by atoms with Gasteiger partial charge in [-0.3, -0.25) is 0 Å². The Morgan fingerprint density at radius 2 is 0.976 bits per heavy atom. The van der Waals surface area contributed by atoms with Crippen LogP contribution in [-0.2, 0) is 0 Å². The summed E-state index contributed by atoms with van der Waals surface area (Å²) in [6.45, 7) is 0. The zero-order chi connectivity index (χ0) is 27.9. The molecule has 42 heavy (non-hydrogen) atoms. The van der Waals surface area contributed by atoms with E-state index in [2.05, 4.69) is 157 Å². The van der Waals surface area contributed by atoms with Gasteiger partial charge in [0.2, 0.25) is 0 Å². The molecule has 2 nitrogen and oxygen atoms in total. The van der Waals surface area contributed by atoms with Crippen molar-refractivity contribution < 1.29 is 4.42 Å². The van der Waals surface area contributed by atoms with Crippen LogP contribution in [0.4, 0.5) is 11.4 Å². The van der Waals surface area contributed by atoms with E-state index in [1.54, 1.807) is 0 Å². The molecule has 7 aromatic carbocycles. The van der Waals surface area contributed by atoms with Gasteiger partial charge in [0, 0.05) is 22.1 Å². The Morgan fingerprint density at radius 3 is 1.79 bits per heavy atom. The van der Waals surface area contributed by atoms with Crippen molar-refractivity contribution in [3.63, 3.8) is 0 Å². The lowest BCUT2D eigenvalue weighted by Gasteiger charge is -2.10. The van der Waals surface area contributed by atoms with E-state index in [0.29, 0.717) is 0 Å². The van der Waals surface area contributed by atoms with Crippen molar-refractivity contribution in [1.29, 1.82) is 0 Å². The first-order valence-electron chi connectivity index (χ1n) is 14.3. The first-order valence-corrected chi connectivity index (χ1v) is 14.3. The van der Waals surface area contributed by atoms with Crippen LogP contribution in [-0.4, -0.2) is 0 Å². The van der Waals surface area contributed by atoms with Crippen LogP contribution < -0.4 is 5.32 Å². The zero-order valence-electron chi connectivity index (χ0n) is 22.9. The third kappa shape index (κ3) is 4.40. The summed E-state index contributed by atoms with van der Waals surface area (Å²) >= 11 is 0. The third-order valence-corrected chi connectivity index (χ3v) is 8.06. The molecule has 0 aliphatic rings. The highest BCUT2D eigenvalue weighted by atomic mass is 16.3. The molecule has 8 rings (SSSR count). The fourth-order valence-corrected chi connectivity index (χ4v) is 5.90. The summed E-state index contributed by atoms with van der Waals surface area (Å²) in [5, 5.41) is 8.37. The van der Waals surface area contributed by atoms with Crippen LogP contribution in [0.3, 0.4) is 0 Å². The predicted molar refractivity (Wildman–Crippen MR) is 177 cm³/mol. The van der Waals surface area contributed by atoms with E-state index in [4.69, 9.17) is 4.42 Å².